The summed E-state index contributed by atoms with van der Waals surface area (Å²) in [4.78, 5) is 70.9. The average Bonchev–Trinajstić information content (AvgIpc) is 2.39. The molecule has 0 aliphatic heterocycles. The Balaban J connectivity index is 3.47. The van der Waals surface area contributed by atoms with Gasteiger partial charge in [0.05, 0.1) is 0 Å². The Hall–Kier alpha value is 0.360. The largest absolute Gasteiger partial charge is 0.470 e. The van der Waals surface area contributed by atoms with E-state index in [0.717, 1.165) is 0 Å². The minimum absolute atomic E-state index is 2.61. The van der Waals surface area contributed by atoms with E-state index >= 15 is 0 Å². The third-order valence-electron chi connectivity index (χ3n) is 3.03. The Bertz CT molecular complexity index is 604. The highest BCUT2D eigenvalue weighted by Crippen LogP contribution is 2.51. The van der Waals surface area contributed by atoms with Crippen LogP contribution < -0.4 is 0 Å². The summed E-state index contributed by atoms with van der Waals surface area (Å²) in [5.74, 6) is 0. The first-order chi connectivity index (χ1) is 12.2. The zero-order valence-corrected chi connectivity index (χ0v) is 16.6. The van der Waals surface area contributed by atoms with Crippen LogP contribution in [0.25, 0.3) is 0 Å². The van der Waals surface area contributed by atoms with Crippen LogP contribution in [0.3, 0.4) is 0 Å². The van der Waals surface area contributed by atoms with Gasteiger partial charge in [-0.2, -0.15) is 0 Å². The van der Waals surface area contributed by atoms with E-state index in [-0.39, 0.29) is 0 Å². The summed E-state index contributed by atoms with van der Waals surface area (Å²) >= 11 is 0. The van der Waals surface area contributed by atoms with Crippen molar-refractivity contribution < 1.29 is 85.7 Å². The van der Waals surface area contributed by atoms with Crippen molar-refractivity contribution in [1.82, 2.24) is 0 Å². The van der Waals surface area contributed by atoms with Gasteiger partial charge in [0.1, 0.15) is 36.6 Å². The smallest absolute Gasteiger partial charge is 0.387 e. The molecule has 1 fully saturated rings. The van der Waals surface area contributed by atoms with Gasteiger partial charge in [0.15, 0.2) is 0 Å². The number of hydrogen-bond donors (Lipinski definition) is 10. The standard InChI is InChI=1S/C6H16O18P4/c7-1-3(21-25(9,10)11)5(23-27(15,16)17)2(8)6(24-28(18,19)20)4(1)22-26(12,13)14/h1-8H,(H2,9,10,11)(H2,12,13,14)(H2,15,16,17)(H2,18,19,20)/t1?,2?,3-,4-,5-,6+/m1/s1. The molecular formula is C6H16O18P4. The number of phosphoric ester groups is 4. The number of aliphatic hydroxyl groups is 2. The lowest BCUT2D eigenvalue weighted by atomic mass is 9.85. The Labute approximate surface area is 154 Å². The molecule has 0 heterocycles. The molecule has 0 aromatic heterocycles. The van der Waals surface area contributed by atoms with E-state index in [0.29, 0.717) is 0 Å². The van der Waals surface area contributed by atoms with Crippen LogP contribution in [0.2, 0.25) is 0 Å². The molecule has 6 atom stereocenters. The monoisotopic (exact) mass is 500 g/mol. The van der Waals surface area contributed by atoms with Crippen LogP contribution in [-0.2, 0) is 36.4 Å². The fourth-order valence-corrected chi connectivity index (χ4v) is 4.52. The average molecular weight is 500 g/mol. The maximum absolute atomic E-state index is 11.0. The first-order valence-corrected chi connectivity index (χ1v) is 12.6. The molecule has 10 N–H and O–H groups in total. The minimum Gasteiger partial charge on any atom is -0.387 e. The predicted octanol–water partition coefficient (Wildman–Crippen LogP) is -3.37. The second kappa shape index (κ2) is 8.85. The van der Waals surface area contributed by atoms with Crippen molar-refractivity contribution >= 4 is 31.3 Å². The SMILES string of the molecule is O=P(O)(O)O[C@@H]1C(O)[C@@H](OP(=O)(O)O)[C@@H](OP(=O)(O)O)C(O)[C@H]1OP(=O)(O)O. The van der Waals surface area contributed by atoms with Gasteiger partial charge in [0.25, 0.3) is 0 Å². The summed E-state index contributed by atoms with van der Waals surface area (Å²) in [6.07, 6.45) is -15.9. The third kappa shape index (κ3) is 8.62. The maximum Gasteiger partial charge on any atom is 0.470 e. The number of phosphoric acid groups is 4. The molecule has 168 valence electrons. The van der Waals surface area contributed by atoms with Gasteiger partial charge in [0.2, 0.25) is 0 Å². The van der Waals surface area contributed by atoms with E-state index < -0.39 is 67.9 Å². The first kappa shape index (κ1) is 26.4. The van der Waals surface area contributed by atoms with Gasteiger partial charge >= 0.3 is 31.3 Å². The molecule has 1 saturated carbocycles. The molecule has 28 heavy (non-hydrogen) atoms. The maximum atomic E-state index is 11.0. The van der Waals surface area contributed by atoms with Gasteiger partial charge in [-0.15, -0.1) is 0 Å². The fourth-order valence-electron chi connectivity index (χ4n) is 2.27. The Morgan fingerprint density at radius 2 is 0.571 bits per heavy atom. The Kier molecular flexibility index (Phi) is 8.34. The molecule has 22 heteroatoms. The molecule has 0 saturated heterocycles. The molecule has 18 nitrogen and oxygen atoms in total. The van der Waals surface area contributed by atoms with Crippen molar-refractivity contribution in [1.29, 1.82) is 0 Å². The van der Waals surface area contributed by atoms with Crippen molar-refractivity contribution in [2.45, 2.75) is 36.6 Å². The molecule has 0 radical (unpaired) electrons. The molecule has 0 spiro atoms. The predicted molar refractivity (Wildman–Crippen MR) is 79.7 cm³/mol. The fraction of sp³-hybridized carbons (Fsp3) is 1.00. The van der Waals surface area contributed by atoms with E-state index in [1.54, 1.807) is 0 Å². The molecule has 0 aromatic rings. The van der Waals surface area contributed by atoms with Crippen LogP contribution in [0.5, 0.6) is 0 Å². The van der Waals surface area contributed by atoms with Gasteiger partial charge < -0.3 is 49.4 Å². The van der Waals surface area contributed by atoms with Crippen molar-refractivity contribution in [3.8, 4) is 0 Å². The van der Waals surface area contributed by atoms with E-state index in [1.165, 1.54) is 0 Å². The molecule has 1 aliphatic carbocycles. The van der Waals surface area contributed by atoms with Crippen LogP contribution in [0.4, 0.5) is 0 Å². The van der Waals surface area contributed by atoms with Gasteiger partial charge in [-0.3, -0.25) is 18.1 Å². The summed E-state index contributed by atoms with van der Waals surface area (Å²) in [6, 6.07) is 0. The highest BCUT2D eigenvalue weighted by Gasteiger charge is 2.58. The lowest BCUT2D eigenvalue weighted by Gasteiger charge is -2.45. The number of aliphatic hydroxyl groups excluding tert-OH is 2. The first-order valence-electron chi connectivity index (χ1n) is 6.52. The lowest BCUT2D eigenvalue weighted by Crippen LogP contribution is -2.65. The number of rotatable bonds is 8. The van der Waals surface area contributed by atoms with Crippen molar-refractivity contribution in [3.05, 3.63) is 0 Å². The van der Waals surface area contributed by atoms with E-state index in [2.05, 4.69) is 18.1 Å². The van der Waals surface area contributed by atoms with E-state index in [1.807, 2.05) is 0 Å². The summed E-state index contributed by atoms with van der Waals surface area (Å²) in [5, 5.41) is 20.2. The van der Waals surface area contributed by atoms with Crippen molar-refractivity contribution in [2.75, 3.05) is 0 Å². The van der Waals surface area contributed by atoms with Crippen LogP contribution in [-0.4, -0.2) is 86.0 Å². The summed E-state index contributed by atoms with van der Waals surface area (Å²) < 4.78 is 60.4. The zero-order valence-electron chi connectivity index (χ0n) is 13.0. The lowest BCUT2D eigenvalue weighted by molar-refractivity contribution is -0.208. The topological polar surface area (TPSA) is 308 Å². The summed E-state index contributed by atoms with van der Waals surface area (Å²) in [6.45, 7) is 0. The van der Waals surface area contributed by atoms with Gasteiger partial charge in [-0.1, -0.05) is 0 Å². The number of hydrogen-bond acceptors (Lipinski definition) is 10. The van der Waals surface area contributed by atoms with Gasteiger partial charge in [-0.25, -0.2) is 18.3 Å². The van der Waals surface area contributed by atoms with Crippen LogP contribution in [0.1, 0.15) is 0 Å². The van der Waals surface area contributed by atoms with Crippen LogP contribution in [0, 0.1) is 0 Å². The molecule has 0 bridgehead atoms. The van der Waals surface area contributed by atoms with Gasteiger partial charge in [0, 0.05) is 0 Å². The molecule has 2 unspecified atom stereocenters. The van der Waals surface area contributed by atoms with Crippen molar-refractivity contribution in [2.24, 2.45) is 0 Å². The Morgan fingerprint density at radius 3 is 0.679 bits per heavy atom. The normalized spacial score (nSPS) is 33.1. The molecule has 0 amide bonds. The highest BCUT2D eigenvalue weighted by molar-refractivity contribution is 7.47. The van der Waals surface area contributed by atoms with Crippen molar-refractivity contribution in [3.63, 3.8) is 0 Å². The van der Waals surface area contributed by atoms with E-state index in [9.17, 15) is 28.5 Å². The van der Waals surface area contributed by atoms with Crippen LogP contribution in [0.15, 0.2) is 0 Å². The molecule has 1 aliphatic rings. The zero-order chi connectivity index (χ0) is 22.3. The van der Waals surface area contributed by atoms with E-state index in [4.69, 9.17) is 39.1 Å². The molecular weight excluding hydrogens is 484 g/mol. The highest BCUT2D eigenvalue weighted by atomic mass is 31.2. The summed E-state index contributed by atoms with van der Waals surface area (Å²) in [5.41, 5.74) is 0. The minimum atomic E-state index is -5.59. The molecule has 0 aromatic carbocycles. The quantitative estimate of drug-likeness (QED) is 0.145. The molecule has 1 rings (SSSR count). The third-order valence-corrected chi connectivity index (χ3v) is 5.10. The van der Waals surface area contributed by atoms with Crippen LogP contribution >= 0.6 is 31.3 Å². The summed E-state index contributed by atoms with van der Waals surface area (Å²) in [7, 11) is -22.3. The Morgan fingerprint density at radius 1 is 0.429 bits per heavy atom. The van der Waals surface area contributed by atoms with Gasteiger partial charge in [-0.05, 0) is 0 Å². The second-order valence-corrected chi connectivity index (χ2v) is 9.99. The second-order valence-electron chi connectivity index (χ2n) is 5.22.